The van der Waals surface area contributed by atoms with Crippen molar-refractivity contribution >= 4 is 12.1 Å². The van der Waals surface area contributed by atoms with E-state index in [1.165, 1.54) is 148 Å². The number of hydrogen-bond acceptors (Lipinski definition) is 6. The smallest absolute Gasteiger partial charge is 0.462 e. The molecule has 2 fully saturated rings. The van der Waals surface area contributed by atoms with Crippen molar-refractivity contribution in [2.75, 3.05) is 32.8 Å². The highest BCUT2D eigenvalue weighted by molar-refractivity contribution is 5.69. The number of unbranched alkanes of at least 4 members (excludes halogenated alkanes) is 17. The van der Waals surface area contributed by atoms with Gasteiger partial charge in [-0.3, -0.25) is 4.79 Å². The predicted octanol–water partition coefficient (Wildman–Crippen LogP) is 14.4. The minimum atomic E-state index is -0.478. The van der Waals surface area contributed by atoms with Gasteiger partial charge in [-0.15, -0.1) is 0 Å². The van der Waals surface area contributed by atoms with E-state index in [1.54, 1.807) is 0 Å². The molecule has 0 aromatic carbocycles. The van der Waals surface area contributed by atoms with Crippen LogP contribution >= 0.6 is 0 Å². The fourth-order valence-electron chi connectivity index (χ4n) is 9.92. The highest BCUT2D eigenvalue weighted by Gasteiger charge is 2.42. The van der Waals surface area contributed by atoms with Crippen molar-refractivity contribution in [3.8, 4) is 0 Å². The largest absolute Gasteiger partial charge is 0.508 e. The Morgan fingerprint density at radius 3 is 1.67 bits per heavy atom. The summed E-state index contributed by atoms with van der Waals surface area (Å²) in [7, 11) is 0. The van der Waals surface area contributed by atoms with Crippen molar-refractivity contribution in [1.82, 2.24) is 4.90 Å². The molecular formula is C48H91NO5. The fraction of sp³-hybridized carbons (Fsp3) is 0.958. The Hall–Kier alpha value is -1.30. The van der Waals surface area contributed by atoms with E-state index in [-0.39, 0.29) is 12.1 Å². The molecule has 0 amide bonds. The Bertz CT molecular complexity index is 876. The van der Waals surface area contributed by atoms with E-state index in [2.05, 4.69) is 39.5 Å². The van der Waals surface area contributed by atoms with Crippen LogP contribution in [0.15, 0.2) is 0 Å². The summed E-state index contributed by atoms with van der Waals surface area (Å²) in [5.41, 5.74) is 0.362. The Morgan fingerprint density at radius 1 is 0.611 bits per heavy atom. The molecule has 318 valence electrons. The molecule has 0 heterocycles. The van der Waals surface area contributed by atoms with Crippen LogP contribution in [0.2, 0.25) is 0 Å². The van der Waals surface area contributed by atoms with Crippen LogP contribution in [0.5, 0.6) is 0 Å². The number of fused-ring (bicyclic) bond motifs is 2. The Kier molecular flexibility index (Phi) is 28.7. The molecule has 6 heteroatoms. The minimum absolute atomic E-state index is 0.0340. The van der Waals surface area contributed by atoms with Gasteiger partial charge in [0, 0.05) is 6.42 Å². The van der Waals surface area contributed by atoms with E-state index in [1.807, 2.05) is 0 Å². The van der Waals surface area contributed by atoms with Crippen LogP contribution in [0.4, 0.5) is 4.79 Å². The SMILES string of the molecule is CCCCCCCCC(CCCCCCCC)OC(=O)CCCCCCCN(CC)CCCCCCOC(=O)OCCC1(CC)CC2CC(C)CC(C2)C1. The number of hydrogen-bond donors (Lipinski definition) is 0. The van der Waals surface area contributed by atoms with Gasteiger partial charge in [-0.2, -0.15) is 0 Å². The second-order valence-corrected chi connectivity index (χ2v) is 18.1. The molecule has 0 aliphatic heterocycles. The van der Waals surface area contributed by atoms with Crippen LogP contribution in [-0.4, -0.2) is 56.0 Å². The average molecular weight is 762 g/mol. The molecule has 54 heavy (non-hydrogen) atoms. The highest BCUT2D eigenvalue weighted by atomic mass is 16.7. The molecule has 0 N–H and O–H groups in total. The number of ether oxygens (including phenoxy) is 3. The number of nitrogens with zero attached hydrogens (tertiary/aromatic N) is 1. The van der Waals surface area contributed by atoms with Gasteiger partial charge in [0.05, 0.1) is 13.2 Å². The molecule has 2 rings (SSSR count). The van der Waals surface area contributed by atoms with Crippen LogP contribution in [0.1, 0.15) is 234 Å². The van der Waals surface area contributed by atoms with Crippen LogP contribution in [0.25, 0.3) is 0 Å². The van der Waals surface area contributed by atoms with Crippen molar-refractivity contribution < 1.29 is 23.8 Å². The maximum absolute atomic E-state index is 12.7. The summed E-state index contributed by atoms with van der Waals surface area (Å²) in [5, 5.41) is 0. The number of esters is 1. The lowest BCUT2D eigenvalue weighted by Crippen LogP contribution is -2.38. The van der Waals surface area contributed by atoms with E-state index < -0.39 is 6.16 Å². The molecule has 0 aromatic heterocycles. The topological polar surface area (TPSA) is 65.1 Å². The van der Waals surface area contributed by atoms with E-state index in [9.17, 15) is 9.59 Å². The summed E-state index contributed by atoms with van der Waals surface area (Å²) in [6.45, 7) is 15.9. The van der Waals surface area contributed by atoms with Gasteiger partial charge in [-0.1, -0.05) is 137 Å². The third-order valence-electron chi connectivity index (χ3n) is 13.1. The van der Waals surface area contributed by atoms with E-state index in [0.29, 0.717) is 25.0 Å². The standard InChI is InChI=1S/C48H91NO5/c1-6-10-12-14-17-23-29-45(30-24-18-15-13-11-7-2)54-46(50)31-25-19-16-20-26-33-49(9-4)34-27-21-22-28-35-52-47(51)53-36-32-48(8-3)40-43-37-42(5)38-44(39-43)41-48/h42-45H,6-41H2,1-5H3. The lowest BCUT2D eigenvalue weighted by molar-refractivity contribution is -0.150. The van der Waals surface area contributed by atoms with Crippen LogP contribution in [0.3, 0.4) is 0 Å². The summed E-state index contributed by atoms with van der Waals surface area (Å²) in [5.74, 6) is 2.67. The molecular weight excluding hydrogens is 671 g/mol. The van der Waals surface area contributed by atoms with Gasteiger partial charge in [0.2, 0.25) is 0 Å². The lowest BCUT2D eigenvalue weighted by atomic mass is 9.57. The first-order chi connectivity index (χ1) is 26.3. The van der Waals surface area contributed by atoms with E-state index >= 15 is 0 Å². The van der Waals surface area contributed by atoms with Gasteiger partial charge in [-0.05, 0) is 133 Å². The molecule has 0 radical (unpaired) electrons. The van der Waals surface area contributed by atoms with Gasteiger partial charge in [0.1, 0.15) is 6.10 Å². The van der Waals surface area contributed by atoms with E-state index in [4.69, 9.17) is 14.2 Å². The first-order valence-corrected chi connectivity index (χ1v) is 24.0. The maximum Gasteiger partial charge on any atom is 0.508 e. The first-order valence-electron chi connectivity index (χ1n) is 24.0. The zero-order chi connectivity index (χ0) is 39.1. The molecule has 0 saturated heterocycles. The van der Waals surface area contributed by atoms with Gasteiger partial charge >= 0.3 is 12.1 Å². The zero-order valence-electron chi connectivity index (χ0n) is 36.8. The lowest BCUT2D eigenvalue weighted by Gasteiger charge is -2.48. The Balaban J connectivity index is 1.45. The van der Waals surface area contributed by atoms with Crippen molar-refractivity contribution in [2.24, 2.45) is 23.2 Å². The summed E-state index contributed by atoms with van der Waals surface area (Å²) in [6.07, 6.45) is 36.9. The van der Waals surface area contributed by atoms with Crippen LogP contribution in [0, 0.1) is 23.2 Å². The predicted molar refractivity (Wildman–Crippen MR) is 228 cm³/mol. The molecule has 2 aliphatic carbocycles. The van der Waals surface area contributed by atoms with Gasteiger partial charge in [-0.25, -0.2) is 4.79 Å². The molecule has 0 spiro atoms. The number of carbonyl (C=O) groups is 2. The van der Waals surface area contributed by atoms with Gasteiger partial charge in [0.25, 0.3) is 0 Å². The molecule has 2 atom stereocenters. The van der Waals surface area contributed by atoms with Crippen LogP contribution < -0.4 is 0 Å². The fourth-order valence-corrected chi connectivity index (χ4v) is 9.92. The second-order valence-electron chi connectivity index (χ2n) is 18.1. The summed E-state index contributed by atoms with van der Waals surface area (Å²) >= 11 is 0. The van der Waals surface area contributed by atoms with Crippen molar-refractivity contribution in [2.45, 2.75) is 240 Å². The van der Waals surface area contributed by atoms with Crippen LogP contribution in [-0.2, 0) is 19.0 Å². The van der Waals surface area contributed by atoms with Gasteiger partial charge < -0.3 is 19.1 Å². The molecule has 2 unspecified atom stereocenters. The first kappa shape index (κ1) is 48.8. The zero-order valence-corrected chi connectivity index (χ0v) is 36.8. The Morgan fingerprint density at radius 2 is 1.11 bits per heavy atom. The van der Waals surface area contributed by atoms with Crippen molar-refractivity contribution in [1.29, 1.82) is 0 Å². The summed E-state index contributed by atoms with van der Waals surface area (Å²) in [4.78, 5) is 27.5. The monoisotopic (exact) mass is 762 g/mol. The summed E-state index contributed by atoms with van der Waals surface area (Å²) in [6, 6.07) is 0. The summed E-state index contributed by atoms with van der Waals surface area (Å²) < 4.78 is 17.0. The molecule has 2 aliphatic rings. The Labute approximate surface area is 335 Å². The normalized spacial score (nSPS) is 21.1. The second kappa shape index (κ2) is 31.7. The minimum Gasteiger partial charge on any atom is -0.462 e. The van der Waals surface area contributed by atoms with Crippen molar-refractivity contribution in [3.05, 3.63) is 0 Å². The quantitative estimate of drug-likeness (QED) is 0.0473. The number of rotatable bonds is 35. The molecule has 2 bridgehead atoms. The van der Waals surface area contributed by atoms with E-state index in [0.717, 1.165) is 82.3 Å². The molecule has 0 aromatic rings. The van der Waals surface area contributed by atoms with Crippen molar-refractivity contribution in [3.63, 3.8) is 0 Å². The molecule has 2 saturated carbocycles. The number of carbonyl (C=O) groups excluding carboxylic acids is 2. The highest BCUT2D eigenvalue weighted by Crippen LogP contribution is 2.53. The third-order valence-corrected chi connectivity index (χ3v) is 13.1. The average Bonchev–Trinajstić information content (AvgIpc) is 3.15. The third kappa shape index (κ3) is 23.7. The van der Waals surface area contributed by atoms with Gasteiger partial charge in [0.15, 0.2) is 0 Å². The maximum atomic E-state index is 12.7. The molecule has 6 nitrogen and oxygen atoms in total.